The number of aromatic nitrogens is 3. The van der Waals surface area contributed by atoms with E-state index in [0.717, 1.165) is 22.3 Å². The van der Waals surface area contributed by atoms with E-state index in [1.807, 2.05) is 53.2 Å². The Balaban J connectivity index is 1.62. The molecule has 0 spiro atoms. The van der Waals surface area contributed by atoms with Crippen molar-refractivity contribution in [1.82, 2.24) is 15.0 Å². The van der Waals surface area contributed by atoms with Gasteiger partial charge >= 0.3 is 0 Å². The van der Waals surface area contributed by atoms with E-state index in [9.17, 15) is 0 Å². The van der Waals surface area contributed by atoms with E-state index < -0.39 is 0 Å². The number of rotatable bonds is 5. The third kappa shape index (κ3) is 2.62. The Kier molecular flexibility index (Phi) is 3.60. The fraction of sp³-hybridized carbons (Fsp3) is 0.200. The van der Waals surface area contributed by atoms with Crippen molar-refractivity contribution in [2.75, 3.05) is 6.61 Å². The smallest absolute Gasteiger partial charge is 0.119 e. The summed E-state index contributed by atoms with van der Waals surface area (Å²) in [7, 11) is 0. The molecular formula is C15H16N4O. The minimum Gasteiger partial charge on any atom is -0.492 e. The lowest BCUT2D eigenvalue weighted by atomic mass is 10.2. The Hall–Kier alpha value is -2.40. The van der Waals surface area contributed by atoms with Crippen molar-refractivity contribution in [2.45, 2.75) is 13.1 Å². The first kappa shape index (κ1) is 12.6. The standard InChI is InChI=1S/C15H16N4O/c16-11-12-5-7-13(8-6-12)20-10-9-19-15-4-2-1-3-14(15)17-18-19/h1-8H,9-11,16H2. The number of hydrogen-bond donors (Lipinski definition) is 1. The van der Waals surface area contributed by atoms with Crippen LogP contribution in [0.3, 0.4) is 0 Å². The predicted octanol–water partition coefficient (Wildman–Crippen LogP) is 1.97. The first-order chi connectivity index (χ1) is 9.86. The third-order valence-corrected chi connectivity index (χ3v) is 3.15. The molecule has 0 fully saturated rings. The van der Waals surface area contributed by atoms with E-state index in [0.29, 0.717) is 19.7 Å². The van der Waals surface area contributed by atoms with Gasteiger partial charge in [-0.3, -0.25) is 0 Å². The van der Waals surface area contributed by atoms with Crippen LogP contribution < -0.4 is 10.5 Å². The summed E-state index contributed by atoms with van der Waals surface area (Å²) in [6, 6.07) is 15.7. The van der Waals surface area contributed by atoms with Gasteiger partial charge in [0, 0.05) is 6.54 Å². The lowest BCUT2D eigenvalue weighted by Crippen LogP contribution is -2.09. The van der Waals surface area contributed by atoms with Crippen LogP contribution in [-0.4, -0.2) is 21.6 Å². The predicted molar refractivity (Wildman–Crippen MR) is 77.4 cm³/mol. The van der Waals surface area contributed by atoms with Crippen molar-refractivity contribution < 1.29 is 4.74 Å². The fourth-order valence-electron chi connectivity index (χ4n) is 2.05. The fourth-order valence-corrected chi connectivity index (χ4v) is 2.05. The molecule has 5 nitrogen and oxygen atoms in total. The van der Waals surface area contributed by atoms with Crippen molar-refractivity contribution in [1.29, 1.82) is 0 Å². The molecule has 0 aliphatic rings. The maximum Gasteiger partial charge on any atom is 0.119 e. The number of para-hydroxylation sites is 1. The molecule has 2 aromatic carbocycles. The minimum absolute atomic E-state index is 0.547. The second kappa shape index (κ2) is 5.71. The summed E-state index contributed by atoms with van der Waals surface area (Å²) in [5.74, 6) is 0.839. The van der Waals surface area contributed by atoms with Crippen LogP contribution in [-0.2, 0) is 13.1 Å². The van der Waals surface area contributed by atoms with Gasteiger partial charge in [-0.2, -0.15) is 0 Å². The zero-order chi connectivity index (χ0) is 13.8. The Morgan fingerprint density at radius 2 is 1.85 bits per heavy atom. The number of hydrogen-bond acceptors (Lipinski definition) is 4. The number of benzene rings is 2. The molecule has 0 unspecified atom stereocenters. The molecule has 102 valence electrons. The lowest BCUT2D eigenvalue weighted by molar-refractivity contribution is 0.292. The van der Waals surface area contributed by atoms with Crippen LogP contribution in [0.15, 0.2) is 48.5 Å². The normalized spacial score (nSPS) is 10.8. The Morgan fingerprint density at radius 1 is 1.05 bits per heavy atom. The number of nitrogens with zero attached hydrogens (tertiary/aromatic N) is 3. The molecule has 0 saturated heterocycles. The molecule has 1 heterocycles. The van der Waals surface area contributed by atoms with E-state index in [1.54, 1.807) is 0 Å². The molecule has 0 aliphatic carbocycles. The monoisotopic (exact) mass is 268 g/mol. The van der Waals surface area contributed by atoms with E-state index in [1.165, 1.54) is 0 Å². The van der Waals surface area contributed by atoms with Gasteiger partial charge in [0.2, 0.25) is 0 Å². The van der Waals surface area contributed by atoms with Gasteiger partial charge in [-0.25, -0.2) is 4.68 Å². The molecule has 1 aromatic heterocycles. The van der Waals surface area contributed by atoms with Crippen LogP contribution in [0.25, 0.3) is 11.0 Å². The summed E-state index contributed by atoms with van der Waals surface area (Å²) in [4.78, 5) is 0. The van der Waals surface area contributed by atoms with Gasteiger partial charge in [0.15, 0.2) is 0 Å². The summed E-state index contributed by atoms with van der Waals surface area (Å²) in [6.07, 6.45) is 0. The summed E-state index contributed by atoms with van der Waals surface area (Å²) in [5.41, 5.74) is 8.58. The minimum atomic E-state index is 0.547. The maximum absolute atomic E-state index is 5.70. The summed E-state index contributed by atoms with van der Waals surface area (Å²) >= 11 is 0. The van der Waals surface area contributed by atoms with Gasteiger partial charge in [-0.15, -0.1) is 5.10 Å². The number of ether oxygens (including phenoxy) is 1. The average Bonchev–Trinajstić information content (AvgIpc) is 2.92. The molecule has 5 heteroatoms. The van der Waals surface area contributed by atoms with Crippen LogP contribution in [0, 0.1) is 0 Å². The van der Waals surface area contributed by atoms with Crippen molar-refractivity contribution in [3.8, 4) is 5.75 Å². The van der Waals surface area contributed by atoms with Crippen molar-refractivity contribution in [3.63, 3.8) is 0 Å². The molecule has 0 bridgehead atoms. The number of fused-ring (bicyclic) bond motifs is 1. The quantitative estimate of drug-likeness (QED) is 0.768. The van der Waals surface area contributed by atoms with Crippen LogP contribution in [0.4, 0.5) is 0 Å². The van der Waals surface area contributed by atoms with Gasteiger partial charge in [-0.1, -0.05) is 29.5 Å². The zero-order valence-corrected chi connectivity index (χ0v) is 11.1. The molecule has 0 amide bonds. The van der Waals surface area contributed by atoms with E-state index in [-0.39, 0.29) is 0 Å². The lowest BCUT2D eigenvalue weighted by Gasteiger charge is -2.07. The molecule has 3 aromatic rings. The highest BCUT2D eigenvalue weighted by atomic mass is 16.5. The maximum atomic E-state index is 5.70. The first-order valence-corrected chi connectivity index (χ1v) is 6.57. The van der Waals surface area contributed by atoms with Crippen molar-refractivity contribution in [3.05, 3.63) is 54.1 Å². The summed E-state index contributed by atoms with van der Waals surface area (Å²) < 4.78 is 7.55. The highest BCUT2D eigenvalue weighted by molar-refractivity contribution is 5.73. The molecule has 0 aliphatic heterocycles. The first-order valence-electron chi connectivity index (χ1n) is 6.57. The zero-order valence-electron chi connectivity index (χ0n) is 11.1. The Labute approximate surface area is 117 Å². The summed E-state index contributed by atoms with van der Waals surface area (Å²) in [6.45, 7) is 1.76. The van der Waals surface area contributed by atoms with E-state index in [4.69, 9.17) is 10.5 Å². The third-order valence-electron chi connectivity index (χ3n) is 3.15. The summed E-state index contributed by atoms with van der Waals surface area (Å²) in [5, 5.41) is 8.23. The molecule has 2 N–H and O–H groups in total. The largest absolute Gasteiger partial charge is 0.492 e. The Bertz CT molecular complexity index is 690. The number of nitrogens with two attached hydrogens (primary N) is 1. The van der Waals surface area contributed by atoms with E-state index >= 15 is 0 Å². The molecule has 0 saturated carbocycles. The van der Waals surface area contributed by atoms with Gasteiger partial charge in [0.1, 0.15) is 17.9 Å². The van der Waals surface area contributed by atoms with Gasteiger partial charge in [-0.05, 0) is 29.8 Å². The highest BCUT2D eigenvalue weighted by Crippen LogP contribution is 2.13. The van der Waals surface area contributed by atoms with E-state index in [2.05, 4.69) is 10.3 Å². The van der Waals surface area contributed by atoms with Gasteiger partial charge in [0.05, 0.1) is 12.1 Å². The highest BCUT2D eigenvalue weighted by Gasteiger charge is 2.03. The van der Waals surface area contributed by atoms with Gasteiger partial charge < -0.3 is 10.5 Å². The average molecular weight is 268 g/mol. The molecular weight excluding hydrogens is 252 g/mol. The van der Waals surface area contributed by atoms with Crippen molar-refractivity contribution >= 4 is 11.0 Å². The van der Waals surface area contributed by atoms with Crippen LogP contribution >= 0.6 is 0 Å². The SMILES string of the molecule is NCc1ccc(OCCn2nnc3ccccc32)cc1. The molecule has 3 rings (SSSR count). The topological polar surface area (TPSA) is 66.0 Å². The second-order valence-corrected chi connectivity index (χ2v) is 4.50. The Morgan fingerprint density at radius 3 is 2.65 bits per heavy atom. The second-order valence-electron chi connectivity index (χ2n) is 4.50. The molecule has 0 radical (unpaired) electrons. The van der Waals surface area contributed by atoms with Crippen molar-refractivity contribution in [2.24, 2.45) is 5.73 Å². The van der Waals surface area contributed by atoms with Gasteiger partial charge in [0.25, 0.3) is 0 Å². The van der Waals surface area contributed by atoms with Crippen LogP contribution in [0.5, 0.6) is 5.75 Å². The van der Waals surface area contributed by atoms with Crippen LogP contribution in [0.2, 0.25) is 0 Å². The van der Waals surface area contributed by atoms with Crippen LogP contribution in [0.1, 0.15) is 5.56 Å². The molecule has 20 heavy (non-hydrogen) atoms. The molecule has 0 atom stereocenters.